The first-order valence-corrected chi connectivity index (χ1v) is 7.36. The van der Waals surface area contributed by atoms with Crippen molar-refractivity contribution in [3.63, 3.8) is 0 Å². The number of unbranched alkanes of at least 4 members (excludes halogenated alkanes) is 1. The summed E-state index contributed by atoms with van der Waals surface area (Å²) in [6.45, 7) is 3.05. The number of hydrogen-bond acceptors (Lipinski definition) is 2. The van der Waals surface area contributed by atoms with Gasteiger partial charge < -0.3 is 10.4 Å². The van der Waals surface area contributed by atoms with Crippen LogP contribution in [0.2, 0.25) is 0 Å². The molecule has 106 valence electrons. The average Bonchev–Trinajstić information content (AvgIpc) is 2.50. The number of nitrogens with one attached hydrogen (secondary N) is 1. The maximum Gasteiger partial charge on any atom is 0.115 e. The third-order valence-corrected chi connectivity index (χ3v) is 3.54. The summed E-state index contributed by atoms with van der Waals surface area (Å²) < 4.78 is 0. The molecule has 0 aliphatic carbocycles. The Kier molecular flexibility index (Phi) is 5.63. The zero-order valence-corrected chi connectivity index (χ0v) is 12.0. The summed E-state index contributed by atoms with van der Waals surface area (Å²) in [5.41, 5.74) is 2.54. The van der Waals surface area contributed by atoms with Crippen LogP contribution in [0.3, 0.4) is 0 Å². The van der Waals surface area contributed by atoms with E-state index in [-0.39, 0.29) is 0 Å². The fourth-order valence-corrected chi connectivity index (χ4v) is 2.34. The highest BCUT2D eigenvalue weighted by Crippen LogP contribution is 2.20. The minimum absolute atomic E-state index is 0.319. The number of benzene rings is 2. The Morgan fingerprint density at radius 2 is 1.70 bits per heavy atom. The Balaban J connectivity index is 1.99. The van der Waals surface area contributed by atoms with E-state index in [1.165, 1.54) is 24.0 Å². The van der Waals surface area contributed by atoms with Crippen LogP contribution in [0.4, 0.5) is 0 Å². The number of phenols is 1. The van der Waals surface area contributed by atoms with Crippen LogP contribution in [-0.2, 0) is 6.54 Å². The van der Waals surface area contributed by atoms with E-state index in [0.717, 1.165) is 13.0 Å². The van der Waals surface area contributed by atoms with Crippen LogP contribution in [0.25, 0.3) is 0 Å². The van der Waals surface area contributed by atoms with Gasteiger partial charge in [0.2, 0.25) is 0 Å². The predicted molar refractivity (Wildman–Crippen MR) is 83.7 cm³/mol. The second kappa shape index (κ2) is 7.71. The van der Waals surface area contributed by atoms with Crippen molar-refractivity contribution in [3.8, 4) is 5.75 Å². The molecule has 0 aliphatic heterocycles. The molecule has 0 bridgehead atoms. The second-order valence-electron chi connectivity index (χ2n) is 5.15. The smallest absolute Gasteiger partial charge is 0.115 e. The Morgan fingerprint density at radius 1 is 1.00 bits per heavy atom. The summed E-state index contributed by atoms with van der Waals surface area (Å²) in [7, 11) is 0. The van der Waals surface area contributed by atoms with Crippen LogP contribution in [0.1, 0.15) is 43.4 Å². The molecule has 2 nitrogen and oxygen atoms in total. The highest BCUT2D eigenvalue weighted by molar-refractivity contribution is 5.26. The van der Waals surface area contributed by atoms with Crippen LogP contribution >= 0.6 is 0 Å². The van der Waals surface area contributed by atoms with E-state index < -0.39 is 0 Å². The standard InChI is InChI=1S/C18H23NO/c1-2-3-9-18(16-7-5-4-6-8-16)19-14-15-10-12-17(20)13-11-15/h4-8,10-13,18-20H,2-3,9,14H2,1H3. The number of phenolic OH excluding ortho intramolecular Hbond substituents is 1. The van der Waals surface area contributed by atoms with E-state index in [1.807, 2.05) is 12.1 Å². The molecule has 0 fully saturated rings. The molecule has 0 saturated carbocycles. The highest BCUT2D eigenvalue weighted by atomic mass is 16.3. The fraction of sp³-hybridized carbons (Fsp3) is 0.333. The van der Waals surface area contributed by atoms with E-state index >= 15 is 0 Å². The molecule has 0 amide bonds. The molecule has 0 aromatic heterocycles. The summed E-state index contributed by atoms with van der Waals surface area (Å²) in [5.74, 6) is 0.319. The molecule has 2 N–H and O–H groups in total. The molecule has 2 aromatic carbocycles. The molecule has 0 radical (unpaired) electrons. The van der Waals surface area contributed by atoms with E-state index in [1.54, 1.807) is 12.1 Å². The zero-order chi connectivity index (χ0) is 14.2. The van der Waals surface area contributed by atoms with Gasteiger partial charge >= 0.3 is 0 Å². The van der Waals surface area contributed by atoms with Gasteiger partial charge in [0.1, 0.15) is 5.75 Å². The fourth-order valence-electron chi connectivity index (χ4n) is 2.34. The van der Waals surface area contributed by atoms with Gasteiger partial charge in [0.05, 0.1) is 0 Å². The Hall–Kier alpha value is -1.80. The van der Waals surface area contributed by atoms with Crippen molar-refractivity contribution >= 4 is 0 Å². The van der Waals surface area contributed by atoms with Crippen LogP contribution in [0, 0.1) is 0 Å². The third-order valence-electron chi connectivity index (χ3n) is 3.54. The maximum absolute atomic E-state index is 9.31. The SMILES string of the molecule is CCCCC(NCc1ccc(O)cc1)c1ccccc1. The van der Waals surface area contributed by atoms with Gasteiger partial charge in [0.25, 0.3) is 0 Å². The molecule has 2 rings (SSSR count). The zero-order valence-electron chi connectivity index (χ0n) is 12.0. The molecular weight excluding hydrogens is 246 g/mol. The van der Waals surface area contributed by atoms with Crippen LogP contribution in [-0.4, -0.2) is 5.11 Å². The lowest BCUT2D eigenvalue weighted by Crippen LogP contribution is -2.20. The number of rotatable bonds is 7. The van der Waals surface area contributed by atoms with Crippen LogP contribution < -0.4 is 5.32 Å². The Bertz CT molecular complexity index is 493. The van der Waals surface area contributed by atoms with Gasteiger partial charge in [-0.1, -0.05) is 62.2 Å². The van der Waals surface area contributed by atoms with Gasteiger partial charge in [-0.15, -0.1) is 0 Å². The van der Waals surface area contributed by atoms with E-state index in [9.17, 15) is 5.11 Å². The van der Waals surface area contributed by atoms with Gasteiger partial charge in [-0.2, -0.15) is 0 Å². The topological polar surface area (TPSA) is 32.3 Å². The maximum atomic E-state index is 9.31. The number of hydrogen-bond donors (Lipinski definition) is 2. The lowest BCUT2D eigenvalue weighted by molar-refractivity contribution is 0.471. The van der Waals surface area contributed by atoms with Gasteiger partial charge in [0, 0.05) is 12.6 Å². The van der Waals surface area contributed by atoms with E-state index in [4.69, 9.17) is 0 Å². The lowest BCUT2D eigenvalue weighted by atomic mass is 10.0. The normalized spacial score (nSPS) is 12.2. The minimum Gasteiger partial charge on any atom is -0.508 e. The minimum atomic E-state index is 0.319. The molecule has 0 heterocycles. The number of aromatic hydroxyl groups is 1. The van der Waals surface area contributed by atoms with Crippen molar-refractivity contribution in [2.45, 2.75) is 38.8 Å². The molecular formula is C18H23NO. The van der Waals surface area contributed by atoms with Crippen molar-refractivity contribution in [1.29, 1.82) is 0 Å². The summed E-state index contributed by atoms with van der Waals surface area (Å²) in [6, 6.07) is 18.4. The first-order valence-electron chi connectivity index (χ1n) is 7.36. The molecule has 0 aliphatic rings. The van der Waals surface area contributed by atoms with Crippen molar-refractivity contribution in [1.82, 2.24) is 5.32 Å². The van der Waals surface area contributed by atoms with Crippen molar-refractivity contribution in [2.24, 2.45) is 0 Å². The molecule has 20 heavy (non-hydrogen) atoms. The largest absolute Gasteiger partial charge is 0.508 e. The first-order chi connectivity index (χ1) is 9.79. The molecule has 1 unspecified atom stereocenters. The summed E-state index contributed by atoms with van der Waals surface area (Å²) in [6.07, 6.45) is 3.59. The van der Waals surface area contributed by atoms with Crippen LogP contribution in [0.15, 0.2) is 54.6 Å². The average molecular weight is 269 g/mol. The lowest BCUT2D eigenvalue weighted by Gasteiger charge is -2.19. The van der Waals surface area contributed by atoms with E-state index in [0.29, 0.717) is 11.8 Å². The molecule has 0 spiro atoms. The predicted octanol–water partition coefficient (Wildman–Crippen LogP) is 4.41. The quantitative estimate of drug-likeness (QED) is 0.780. The Morgan fingerprint density at radius 3 is 2.35 bits per heavy atom. The van der Waals surface area contributed by atoms with Gasteiger partial charge in [-0.25, -0.2) is 0 Å². The van der Waals surface area contributed by atoms with Gasteiger partial charge in [-0.05, 0) is 29.7 Å². The summed E-state index contributed by atoms with van der Waals surface area (Å²) >= 11 is 0. The second-order valence-corrected chi connectivity index (χ2v) is 5.15. The van der Waals surface area contributed by atoms with Crippen LogP contribution in [0.5, 0.6) is 5.75 Å². The molecule has 1 atom stereocenters. The molecule has 2 heteroatoms. The van der Waals surface area contributed by atoms with Crippen molar-refractivity contribution < 1.29 is 5.11 Å². The van der Waals surface area contributed by atoms with Crippen molar-refractivity contribution in [3.05, 3.63) is 65.7 Å². The summed E-state index contributed by atoms with van der Waals surface area (Å²) in [5, 5.41) is 12.9. The summed E-state index contributed by atoms with van der Waals surface area (Å²) in [4.78, 5) is 0. The molecule has 2 aromatic rings. The monoisotopic (exact) mass is 269 g/mol. The van der Waals surface area contributed by atoms with Gasteiger partial charge in [-0.3, -0.25) is 0 Å². The molecule has 0 saturated heterocycles. The van der Waals surface area contributed by atoms with Crippen molar-refractivity contribution in [2.75, 3.05) is 0 Å². The van der Waals surface area contributed by atoms with Gasteiger partial charge in [0.15, 0.2) is 0 Å². The Labute approximate surface area is 121 Å². The third kappa shape index (κ3) is 4.39. The highest BCUT2D eigenvalue weighted by Gasteiger charge is 2.09. The van der Waals surface area contributed by atoms with E-state index in [2.05, 4.69) is 42.6 Å². The first kappa shape index (κ1) is 14.6.